The normalized spacial score (nSPS) is 12.6. The summed E-state index contributed by atoms with van der Waals surface area (Å²) in [5.41, 5.74) is 0.239. The van der Waals surface area contributed by atoms with Gasteiger partial charge in [0.2, 0.25) is 10.0 Å². The van der Waals surface area contributed by atoms with Crippen LogP contribution in [0.4, 0.5) is 0 Å². The Labute approximate surface area is 164 Å². The predicted octanol–water partition coefficient (Wildman–Crippen LogP) is 2.08. The molecule has 28 heavy (non-hydrogen) atoms. The van der Waals surface area contributed by atoms with Gasteiger partial charge >= 0.3 is 5.97 Å². The lowest BCUT2D eigenvalue weighted by Gasteiger charge is -2.18. The second-order valence-electron chi connectivity index (χ2n) is 6.61. The van der Waals surface area contributed by atoms with Crippen LogP contribution in [0.15, 0.2) is 52.0 Å². The van der Waals surface area contributed by atoms with Gasteiger partial charge in [0.25, 0.3) is 5.91 Å². The van der Waals surface area contributed by atoms with Gasteiger partial charge in [-0.1, -0.05) is 13.8 Å². The highest BCUT2D eigenvalue weighted by Gasteiger charge is 2.23. The molecule has 1 aromatic heterocycles. The number of carbonyl (C=O) groups excluding carboxylic acids is 2. The van der Waals surface area contributed by atoms with E-state index in [-0.39, 0.29) is 22.9 Å². The molecule has 1 atom stereocenters. The van der Waals surface area contributed by atoms with Crippen molar-refractivity contribution in [3.05, 3.63) is 54.0 Å². The van der Waals surface area contributed by atoms with Gasteiger partial charge in [0.15, 0.2) is 0 Å². The summed E-state index contributed by atoms with van der Waals surface area (Å²) in [6.07, 6.45) is 1.89. The number of hydrogen-bond donors (Lipinski definition) is 2. The third-order valence-corrected chi connectivity index (χ3v) is 5.36. The number of furan rings is 1. The Bertz CT molecular complexity index is 889. The molecule has 1 amide bonds. The number of hydrogen-bond acceptors (Lipinski definition) is 6. The number of sulfonamides is 1. The Morgan fingerprint density at radius 1 is 1.14 bits per heavy atom. The molecule has 2 rings (SSSR count). The molecule has 0 aliphatic heterocycles. The minimum atomic E-state index is -3.75. The minimum absolute atomic E-state index is 0.0160. The third kappa shape index (κ3) is 5.93. The van der Waals surface area contributed by atoms with Gasteiger partial charge in [0.05, 0.1) is 24.8 Å². The summed E-state index contributed by atoms with van der Waals surface area (Å²) >= 11 is 0. The average Bonchev–Trinajstić information content (AvgIpc) is 3.18. The summed E-state index contributed by atoms with van der Waals surface area (Å²) in [7, 11) is -2.49. The first-order chi connectivity index (χ1) is 13.2. The number of esters is 1. The van der Waals surface area contributed by atoms with E-state index in [0.29, 0.717) is 12.2 Å². The smallest absolute Gasteiger partial charge is 0.328 e. The zero-order valence-corrected chi connectivity index (χ0v) is 16.8. The topological polar surface area (TPSA) is 115 Å². The fourth-order valence-electron chi connectivity index (χ4n) is 2.52. The largest absolute Gasteiger partial charge is 0.468 e. The number of benzene rings is 1. The molecule has 0 saturated heterocycles. The fourth-order valence-corrected chi connectivity index (χ4v) is 3.51. The molecule has 0 radical (unpaired) electrons. The van der Waals surface area contributed by atoms with E-state index in [1.807, 2.05) is 13.8 Å². The van der Waals surface area contributed by atoms with E-state index in [0.717, 1.165) is 0 Å². The van der Waals surface area contributed by atoms with Crippen molar-refractivity contribution in [3.63, 3.8) is 0 Å². The van der Waals surface area contributed by atoms with Crippen LogP contribution in [-0.4, -0.2) is 33.4 Å². The van der Waals surface area contributed by atoms with E-state index in [1.165, 1.54) is 37.6 Å². The second-order valence-corrected chi connectivity index (χ2v) is 8.37. The van der Waals surface area contributed by atoms with E-state index >= 15 is 0 Å². The lowest BCUT2D eigenvalue weighted by Crippen LogP contribution is -2.42. The highest BCUT2D eigenvalue weighted by Crippen LogP contribution is 2.13. The summed E-state index contributed by atoms with van der Waals surface area (Å²) in [5.74, 6) is -0.345. The molecule has 0 bridgehead atoms. The highest BCUT2D eigenvalue weighted by molar-refractivity contribution is 7.89. The molecule has 2 aromatic rings. The maximum atomic E-state index is 12.4. The van der Waals surface area contributed by atoms with Crippen LogP contribution in [0, 0.1) is 5.92 Å². The number of carbonyl (C=O) groups is 2. The number of ether oxygens (including phenoxy) is 1. The van der Waals surface area contributed by atoms with Crippen molar-refractivity contribution < 1.29 is 27.2 Å². The van der Waals surface area contributed by atoms with E-state index < -0.39 is 27.9 Å². The predicted molar refractivity (Wildman–Crippen MR) is 102 cm³/mol. The zero-order valence-electron chi connectivity index (χ0n) is 16.0. The van der Waals surface area contributed by atoms with Crippen molar-refractivity contribution in [1.29, 1.82) is 0 Å². The highest BCUT2D eigenvalue weighted by atomic mass is 32.2. The minimum Gasteiger partial charge on any atom is -0.468 e. The quantitative estimate of drug-likeness (QED) is 0.614. The Kier molecular flexibility index (Phi) is 7.36. The molecule has 0 spiro atoms. The van der Waals surface area contributed by atoms with Gasteiger partial charge in [0.1, 0.15) is 11.8 Å². The molecule has 8 nitrogen and oxygen atoms in total. The molecule has 1 heterocycles. The first-order valence-electron chi connectivity index (χ1n) is 8.73. The summed E-state index contributed by atoms with van der Waals surface area (Å²) in [6, 6.07) is 7.99. The first-order valence-corrected chi connectivity index (χ1v) is 10.2. The third-order valence-electron chi connectivity index (χ3n) is 3.94. The monoisotopic (exact) mass is 408 g/mol. The lowest BCUT2D eigenvalue weighted by atomic mass is 10.0. The zero-order chi connectivity index (χ0) is 20.7. The Hall–Kier alpha value is -2.65. The van der Waals surface area contributed by atoms with Crippen molar-refractivity contribution in [3.8, 4) is 0 Å². The van der Waals surface area contributed by atoms with Crippen molar-refractivity contribution in [2.45, 2.75) is 37.8 Å². The standard InChI is InChI=1S/C19H24N2O6S/c1-13(2)11-17(19(23)26-3)21-18(22)14-6-8-16(9-7-14)28(24,25)20-12-15-5-4-10-27-15/h4-10,13,17,20H,11-12H2,1-3H3,(H,21,22). The average molecular weight is 408 g/mol. The van der Waals surface area contributed by atoms with E-state index in [4.69, 9.17) is 9.15 Å². The van der Waals surface area contributed by atoms with Crippen LogP contribution in [0.2, 0.25) is 0 Å². The van der Waals surface area contributed by atoms with Crippen molar-refractivity contribution >= 4 is 21.9 Å². The Morgan fingerprint density at radius 2 is 1.82 bits per heavy atom. The molecule has 152 valence electrons. The SMILES string of the molecule is COC(=O)C(CC(C)C)NC(=O)c1ccc(S(=O)(=O)NCc2ccco2)cc1. The Morgan fingerprint density at radius 3 is 2.36 bits per heavy atom. The summed E-state index contributed by atoms with van der Waals surface area (Å²) < 4.78 is 36.9. The van der Waals surface area contributed by atoms with Gasteiger partial charge in [-0.3, -0.25) is 4.79 Å². The van der Waals surface area contributed by atoms with Crippen LogP contribution in [-0.2, 0) is 26.1 Å². The molecule has 1 unspecified atom stereocenters. The summed E-state index contributed by atoms with van der Waals surface area (Å²) in [4.78, 5) is 24.3. The fraction of sp³-hybridized carbons (Fsp3) is 0.368. The van der Waals surface area contributed by atoms with Crippen LogP contribution in [0.3, 0.4) is 0 Å². The first kappa shape index (κ1) is 21.6. The van der Waals surface area contributed by atoms with Crippen LogP contribution in [0.25, 0.3) is 0 Å². The summed E-state index contributed by atoms with van der Waals surface area (Å²) in [6.45, 7) is 3.88. The van der Waals surface area contributed by atoms with Crippen molar-refractivity contribution in [1.82, 2.24) is 10.0 Å². The molecule has 0 aliphatic rings. The molecule has 0 fully saturated rings. The lowest BCUT2D eigenvalue weighted by molar-refractivity contribution is -0.143. The number of amides is 1. The molecule has 2 N–H and O–H groups in total. The van der Waals surface area contributed by atoms with Crippen molar-refractivity contribution in [2.24, 2.45) is 5.92 Å². The van der Waals surface area contributed by atoms with E-state index in [2.05, 4.69) is 10.0 Å². The molecular weight excluding hydrogens is 384 g/mol. The van der Waals surface area contributed by atoms with Crippen LogP contribution in [0.5, 0.6) is 0 Å². The van der Waals surface area contributed by atoms with Crippen LogP contribution >= 0.6 is 0 Å². The van der Waals surface area contributed by atoms with Gasteiger partial charge in [-0.15, -0.1) is 0 Å². The number of methoxy groups -OCH3 is 1. The van der Waals surface area contributed by atoms with Gasteiger partial charge in [-0.25, -0.2) is 17.9 Å². The van der Waals surface area contributed by atoms with E-state index in [9.17, 15) is 18.0 Å². The van der Waals surface area contributed by atoms with Crippen molar-refractivity contribution in [2.75, 3.05) is 7.11 Å². The van der Waals surface area contributed by atoms with Gasteiger partial charge in [-0.2, -0.15) is 0 Å². The van der Waals surface area contributed by atoms with E-state index in [1.54, 1.807) is 12.1 Å². The molecular formula is C19H24N2O6S. The van der Waals surface area contributed by atoms with Gasteiger partial charge < -0.3 is 14.5 Å². The summed E-state index contributed by atoms with van der Waals surface area (Å²) in [5, 5.41) is 2.63. The molecule has 1 aromatic carbocycles. The Balaban J connectivity index is 2.05. The number of rotatable bonds is 9. The van der Waals surface area contributed by atoms with Gasteiger partial charge in [-0.05, 0) is 48.7 Å². The second kappa shape index (κ2) is 9.52. The molecule has 9 heteroatoms. The van der Waals surface area contributed by atoms with Crippen LogP contribution in [0.1, 0.15) is 36.4 Å². The molecule has 0 saturated carbocycles. The van der Waals surface area contributed by atoms with Crippen LogP contribution < -0.4 is 10.0 Å². The molecule has 0 aliphatic carbocycles. The maximum Gasteiger partial charge on any atom is 0.328 e. The van der Waals surface area contributed by atoms with Gasteiger partial charge in [0, 0.05) is 5.56 Å². The number of nitrogens with one attached hydrogen (secondary N) is 2. The maximum absolute atomic E-state index is 12.4.